The molecule has 0 aromatic heterocycles. The van der Waals surface area contributed by atoms with Gasteiger partial charge in [-0.1, -0.05) is 58.4 Å². The molecule has 1 atom stereocenters. The summed E-state index contributed by atoms with van der Waals surface area (Å²) in [6, 6.07) is 7.79. The lowest BCUT2D eigenvalue weighted by atomic mass is 9.95. The van der Waals surface area contributed by atoms with E-state index in [-0.39, 0.29) is 0 Å². The van der Waals surface area contributed by atoms with Crippen LogP contribution in [-0.2, 0) is 5.60 Å². The molecule has 70 valence electrons. The Morgan fingerprint density at radius 2 is 2.00 bits per heavy atom. The van der Waals surface area contributed by atoms with Crippen molar-refractivity contribution in [2.24, 2.45) is 0 Å². The van der Waals surface area contributed by atoms with Gasteiger partial charge in [0.15, 0.2) is 0 Å². The zero-order valence-corrected chi connectivity index (χ0v) is 9.21. The van der Waals surface area contributed by atoms with Gasteiger partial charge in [-0.3, -0.25) is 0 Å². The van der Waals surface area contributed by atoms with Crippen molar-refractivity contribution >= 4 is 15.9 Å². The number of benzene rings is 1. The van der Waals surface area contributed by atoms with Crippen LogP contribution in [0.4, 0.5) is 0 Å². The maximum absolute atomic E-state index is 10.0. The Hall–Kier alpha value is -0.600. The lowest BCUT2D eigenvalue weighted by molar-refractivity contribution is 0.118. The summed E-state index contributed by atoms with van der Waals surface area (Å²) in [6.07, 6.45) is 1.55. The molecule has 0 radical (unpaired) electrons. The van der Waals surface area contributed by atoms with Crippen molar-refractivity contribution in [1.29, 1.82) is 0 Å². The van der Waals surface area contributed by atoms with Crippen LogP contribution in [0.5, 0.6) is 0 Å². The highest BCUT2D eigenvalue weighted by atomic mass is 79.9. The number of halogens is 1. The van der Waals surface area contributed by atoms with Gasteiger partial charge in [0.1, 0.15) is 5.60 Å². The van der Waals surface area contributed by atoms with Crippen LogP contribution in [0.1, 0.15) is 11.1 Å². The summed E-state index contributed by atoms with van der Waals surface area (Å²) < 4.78 is 0. The Balaban J connectivity index is 3.06. The molecular formula is C11H13BrO. The second kappa shape index (κ2) is 4.07. The molecule has 1 aromatic rings. The van der Waals surface area contributed by atoms with Gasteiger partial charge < -0.3 is 5.11 Å². The van der Waals surface area contributed by atoms with E-state index in [1.807, 2.05) is 31.2 Å². The summed E-state index contributed by atoms with van der Waals surface area (Å²) in [5.74, 6) is 0. The fourth-order valence-electron chi connectivity index (χ4n) is 1.09. The summed E-state index contributed by atoms with van der Waals surface area (Å²) in [5, 5.41) is 10.5. The van der Waals surface area contributed by atoms with Crippen LogP contribution in [0, 0.1) is 6.92 Å². The molecular weight excluding hydrogens is 228 g/mol. The molecule has 1 N–H and O–H groups in total. The first kappa shape index (κ1) is 10.5. The van der Waals surface area contributed by atoms with Gasteiger partial charge in [-0.25, -0.2) is 0 Å². The Morgan fingerprint density at radius 3 is 2.38 bits per heavy atom. The zero-order chi connectivity index (χ0) is 9.90. The smallest absolute Gasteiger partial charge is 0.117 e. The summed E-state index contributed by atoms with van der Waals surface area (Å²) in [5.41, 5.74) is 1.10. The topological polar surface area (TPSA) is 20.2 Å². The average molecular weight is 241 g/mol. The van der Waals surface area contributed by atoms with Crippen molar-refractivity contribution in [3.63, 3.8) is 0 Å². The van der Waals surface area contributed by atoms with Gasteiger partial charge in [-0.2, -0.15) is 0 Å². The molecule has 2 heteroatoms. The molecule has 0 saturated carbocycles. The van der Waals surface area contributed by atoms with E-state index < -0.39 is 5.60 Å². The van der Waals surface area contributed by atoms with E-state index in [0.717, 1.165) is 5.56 Å². The van der Waals surface area contributed by atoms with Gasteiger partial charge in [0.05, 0.1) is 0 Å². The van der Waals surface area contributed by atoms with Crippen molar-refractivity contribution in [2.75, 3.05) is 5.33 Å². The molecule has 0 aliphatic heterocycles. The number of aryl methyl sites for hydroxylation is 1. The molecule has 1 rings (SSSR count). The van der Waals surface area contributed by atoms with Crippen molar-refractivity contribution in [1.82, 2.24) is 0 Å². The number of rotatable bonds is 3. The van der Waals surface area contributed by atoms with Crippen LogP contribution in [0.3, 0.4) is 0 Å². The third-order valence-electron chi connectivity index (χ3n) is 2.09. The van der Waals surface area contributed by atoms with Crippen LogP contribution in [-0.4, -0.2) is 10.4 Å². The Labute approximate surface area is 87.2 Å². The SMILES string of the molecule is C=CC(O)(CBr)c1ccc(C)cc1. The molecule has 1 nitrogen and oxygen atoms in total. The van der Waals surface area contributed by atoms with E-state index >= 15 is 0 Å². The lowest BCUT2D eigenvalue weighted by Crippen LogP contribution is -2.24. The van der Waals surface area contributed by atoms with E-state index in [9.17, 15) is 5.11 Å². The largest absolute Gasteiger partial charge is 0.380 e. The van der Waals surface area contributed by atoms with Crippen LogP contribution in [0.25, 0.3) is 0 Å². The summed E-state index contributed by atoms with van der Waals surface area (Å²) in [6.45, 7) is 5.64. The fraction of sp³-hybridized carbons (Fsp3) is 0.273. The van der Waals surface area contributed by atoms with Crippen molar-refractivity contribution in [2.45, 2.75) is 12.5 Å². The third-order valence-corrected chi connectivity index (χ3v) is 2.95. The third kappa shape index (κ3) is 2.20. The molecule has 0 saturated heterocycles. The quantitative estimate of drug-likeness (QED) is 0.637. The first-order valence-corrected chi connectivity index (χ1v) is 5.23. The monoisotopic (exact) mass is 240 g/mol. The fourth-order valence-corrected chi connectivity index (χ4v) is 1.64. The second-order valence-corrected chi connectivity index (χ2v) is 3.69. The van der Waals surface area contributed by atoms with Gasteiger partial charge in [0, 0.05) is 5.33 Å². The molecule has 0 aliphatic carbocycles. The second-order valence-electron chi connectivity index (χ2n) is 3.13. The molecule has 0 fully saturated rings. The minimum absolute atomic E-state index is 0.465. The van der Waals surface area contributed by atoms with Gasteiger partial charge in [0.25, 0.3) is 0 Å². The Morgan fingerprint density at radius 1 is 1.46 bits per heavy atom. The molecule has 1 aromatic carbocycles. The summed E-state index contributed by atoms with van der Waals surface area (Å²) in [7, 11) is 0. The van der Waals surface area contributed by atoms with E-state index in [4.69, 9.17) is 0 Å². The van der Waals surface area contributed by atoms with E-state index in [1.54, 1.807) is 6.08 Å². The standard InChI is InChI=1S/C11H13BrO/c1-3-11(13,8-12)10-6-4-9(2)5-7-10/h3-7,13H,1,8H2,2H3. The van der Waals surface area contributed by atoms with E-state index in [0.29, 0.717) is 5.33 Å². The van der Waals surface area contributed by atoms with E-state index in [1.165, 1.54) is 5.56 Å². The highest BCUT2D eigenvalue weighted by molar-refractivity contribution is 9.09. The molecule has 0 heterocycles. The number of alkyl halides is 1. The van der Waals surface area contributed by atoms with Gasteiger partial charge in [0.2, 0.25) is 0 Å². The minimum atomic E-state index is -0.951. The normalized spacial score (nSPS) is 15.0. The van der Waals surface area contributed by atoms with Gasteiger partial charge in [-0.15, -0.1) is 0 Å². The Bertz CT molecular complexity index is 291. The minimum Gasteiger partial charge on any atom is -0.380 e. The molecule has 1 unspecified atom stereocenters. The number of hydrogen-bond donors (Lipinski definition) is 1. The Kier molecular flexibility index (Phi) is 3.28. The molecule has 0 amide bonds. The van der Waals surface area contributed by atoms with Crippen LogP contribution >= 0.6 is 15.9 Å². The first-order valence-electron chi connectivity index (χ1n) is 4.11. The van der Waals surface area contributed by atoms with Crippen molar-refractivity contribution in [3.8, 4) is 0 Å². The molecule has 0 bridgehead atoms. The molecule has 0 spiro atoms. The number of aliphatic hydroxyl groups is 1. The van der Waals surface area contributed by atoms with E-state index in [2.05, 4.69) is 22.5 Å². The number of hydrogen-bond acceptors (Lipinski definition) is 1. The highest BCUT2D eigenvalue weighted by Crippen LogP contribution is 2.24. The summed E-state index contributed by atoms with van der Waals surface area (Å²) in [4.78, 5) is 0. The molecule has 13 heavy (non-hydrogen) atoms. The predicted octanol–water partition coefficient (Wildman–Crippen LogP) is 2.76. The van der Waals surface area contributed by atoms with Crippen molar-refractivity contribution < 1.29 is 5.11 Å². The van der Waals surface area contributed by atoms with Gasteiger partial charge in [-0.05, 0) is 12.5 Å². The lowest BCUT2D eigenvalue weighted by Gasteiger charge is -2.21. The average Bonchev–Trinajstić information content (AvgIpc) is 2.18. The summed E-state index contributed by atoms with van der Waals surface area (Å²) >= 11 is 3.27. The van der Waals surface area contributed by atoms with Crippen LogP contribution < -0.4 is 0 Å². The molecule has 0 aliphatic rings. The van der Waals surface area contributed by atoms with Crippen LogP contribution in [0.2, 0.25) is 0 Å². The first-order chi connectivity index (χ1) is 6.12. The van der Waals surface area contributed by atoms with Crippen LogP contribution in [0.15, 0.2) is 36.9 Å². The van der Waals surface area contributed by atoms with Gasteiger partial charge >= 0.3 is 0 Å². The zero-order valence-electron chi connectivity index (χ0n) is 7.63. The maximum atomic E-state index is 10.0. The van der Waals surface area contributed by atoms with Crippen molar-refractivity contribution in [3.05, 3.63) is 48.0 Å². The maximum Gasteiger partial charge on any atom is 0.117 e. The predicted molar refractivity (Wildman–Crippen MR) is 59.1 cm³/mol. The highest BCUT2D eigenvalue weighted by Gasteiger charge is 2.23.